The Morgan fingerprint density at radius 2 is 1.15 bits per heavy atom. The Morgan fingerprint density at radius 3 is 1.98 bits per heavy atom. The van der Waals surface area contributed by atoms with Crippen LogP contribution in [0, 0.1) is 0 Å². The Kier molecular flexibility index (Phi) is 5.98. The summed E-state index contributed by atoms with van der Waals surface area (Å²) in [5.41, 5.74) is 6.02. The molecule has 0 spiro atoms. The number of fused-ring (bicyclic) bond motifs is 7. The first-order chi connectivity index (χ1) is 23.8. The van der Waals surface area contributed by atoms with Gasteiger partial charge in [0.1, 0.15) is 16.9 Å². The van der Waals surface area contributed by atoms with Crippen molar-refractivity contribution in [3.63, 3.8) is 0 Å². The maximum atomic E-state index is 6.72. The SMILES string of the molecule is c1ccc(-c2nc(-c3cccc4sc5ccccc5c34)nc(-c3ncc(-c4ccccc4)c4oc5cc6ccccc6cc5c34)n2)cc1. The van der Waals surface area contributed by atoms with Crippen LogP contribution in [0.25, 0.3) is 98.3 Å². The van der Waals surface area contributed by atoms with Crippen LogP contribution in [0.4, 0.5) is 0 Å². The molecule has 0 atom stereocenters. The molecule has 5 nitrogen and oxygen atoms in total. The van der Waals surface area contributed by atoms with Crippen molar-refractivity contribution in [2.75, 3.05) is 0 Å². The molecule has 6 aromatic carbocycles. The van der Waals surface area contributed by atoms with Gasteiger partial charge in [-0.05, 0) is 40.6 Å². The van der Waals surface area contributed by atoms with Crippen molar-refractivity contribution in [3.8, 4) is 45.4 Å². The fraction of sp³-hybridized carbons (Fsp3) is 0. The van der Waals surface area contributed by atoms with E-state index in [4.69, 9.17) is 24.4 Å². The third-order valence-electron chi connectivity index (χ3n) is 8.97. The van der Waals surface area contributed by atoms with Crippen LogP contribution in [-0.2, 0) is 0 Å². The zero-order valence-corrected chi connectivity index (χ0v) is 26.3. The van der Waals surface area contributed by atoms with E-state index in [9.17, 15) is 0 Å². The number of thiophene rings is 1. The fourth-order valence-corrected chi connectivity index (χ4v) is 7.86. The first-order valence-electron chi connectivity index (χ1n) is 15.8. The summed E-state index contributed by atoms with van der Waals surface area (Å²) < 4.78 is 9.15. The zero-order chi connectivity index (χ0) is 31.6. The highest BCUT2D eigenvalue weighted by atomic mass is 32.1. The van der Waals surface area contributed by atoms with Crippen LogP contribution in [-0.4, -0.2) is 19.9 Å². The predicted molar refractivity (Wildman–Crippen MR) is 197 cm³/mol. The molecule has 0 fully saturated rings. The number of rotatable bonds is 4. The van der Waals surface area contributed by atoms with Crippen molar-refractivity contribution in [3.05, 3.63) is 146 Å². The van der Waals surface area contributed by atoms with Crippen molar-refractivity contribution < 1.29 is 4.42 Å². The molecule has 4 heterocycles. The molecule has 0 amide bonds. The molecule has 4 aromatic heterocycles. The van der Waals surface area contributed by atoms with E-state index in [2.05, 4.69) is 84.9 Å². The lowest BCUT2D eigenvalue weighted by Gasteiger charge is -2.11. The van der Waals surface area contributed by atoms with Crippen molar-refractivity contribution in [2.45, 2.75) is 0 Å². The van der Waals surface area contributed by atoms with E-state index in [0.717, 1.165) is 60.4 Å². The molecule has 0 saturated heterocycles. The molecular weight excluding hydrogens is 609 g/mol. The van der Waals surface area contributed by atoms with Crippen molar-refractivity contribution in [2.24, 2.45) is 0 Å². The van der Waals surface area contributed by atoms with Crippen LogP contribution in [0.2, 0.25) is 0 Å². The Bertz CT molecular complexity index is 2840. The summed E-state index contributed by atoms with van der Waals surface area (Å²) in [6.07, 6.45) is 1.88. The first-order valence-corrected chi connectivity index (χ1v) is 16.6. The number of furan rings is 1. The van der Waals surface area contributed by atoms with Gasteiger partial charge in [0.25, 0.3) is 0 Å². The van der Waals surface area contributed by atoms with Gasteiger partial charge >= 0.3 is 0 Å². The normalized spacial score (nSPS) is 11.8. The minimum absolute atomic E-state index is 0.496. The number of hydrogen-bond donors (Lipinski definition) is 0. The van der Waals surface area contributed by atoms with Gasteiger partial charge in [-0.1, -0.05) is 115 Å². The summed E-state index contributed by atoms with van der Waals surface area (Å²) in [5, 5.41) is 6.43. The van der Waals surface area contributed by atoms with Gasteiger partial charge in [0.15, 0.2) is 17.5 Å². The van der Waals surface area contributed by atoms with Gasteiger partial charge in [-0.15, -0.1) is 11.3 Å². The lowest BCUT2D eigenvalue weighted by atomic mass is 10.0. The van der Waals surface area contributed by atoms with Gasteiger partial charge in [-0.3, -0.25) is 4.98 Å². The Morgan fingerprint density at radius 1 is 0.479 bits per heavy atom. The van der Waals surface area contributed by atoms with E-state index < -0.39 is 0 Å². The van der Waals surface area contributed by atoms with E-state index in [-0.39, 0.29) is 0 Å². The number of benzene rings is 6. The Labute approximate surface area is 278 Å². The molecule has 0 aliphatic rings. The lowest BCUT2D eigenvalue weighted by molar-refractivity contribution is 0.670. The van der Waals surface area contributed by atoms with Crippen LogP contribution in [0.15, 0.2) is 150 Å². The zero-order valence-electron chi connectivity index (χ0n) is 25.5. The molecule has 224 valence electrons. The van der Waals surface area contributed by atoms with Gasteiger partial charge in [-0.25, -0.2) is 15.0 Å². The summed E-state index contributed by atoms with van der Waals surface area (Å²) in [4.78, 5) is 20.5. The molecule has 0 bridgehead atoms. The van der Waals surface area contributed by atoms with Crippen molar-refractivity contribution >= 4 is 64.2 Å². The van der Waals surface area contributed by atoms with Crippen LogP contribution in [0.1, 0.15) is 0 Å². The van der Waals surface area contributed by atoms with Crippen molar-refractivity contribution in [1.82, 2.24) is 19.9 Å². The van der Waals surface area contributed by atoms with Crippen LogP contribution < -0.4 is 0 Å². The van der Waals surface area contributed by atoms with Crippen LogP contribution in [0.5, 0.6) is 0 Å². The van der Waals surface area contributed by atoms with Crippen molar-refractivity contribution in [1.29, 1.82) is 0 Å². The van der Waals surface area contributed by atoms with E-state index >= 15 is 0 Å². The second kappa shape index (κ2) is 10.7. The third-order valence-corrected chi connectivity index (χ3v) is 10.1. The topological polar surface area (TPSA) is 64.7 Å². The Hall–Kier alpha value is -6.24. The second-order valence-corrected chi connectivity index (χ2v) is 12.9. The van der Waals surface area contributed by atoms with E-state index in [1.54, 1.807) is 11.3 Å². The minimum atomic E-state index is 0.496. The highest BCUT2D eigenvalue weighted by Crippen LogP contribution is 2.43. The number of nitrogens with zero attached hydrogens (tertiary/aromatic N) is 4. The maximum Gasteiger partial charge on any atom is 0.183 e. The maximum absolute atomic E-state index is 6.72. The summed E-state index contributed by atoms with van der Waals surface area (Å²) in [6.45, 7) is 0. The number of aromatic nitrogens is 4. The standard InChI is InChI=1S/C42H24N4OS/c1-3-12-25(13-4-1)32-24-43-38(37-31-22-27-16-7-8-17-28(27)23-33(31)47-39(32)37)42-45-40(26-14-5-2-6-15-26)44-41(46-42)30-19-11-21-35-36(30)29-18-9-10-20-34(29)48-35/h1-24H. The Balaban J connectivity index is 1.30. The monoisotopic (exact) mass is 632 g/mol. The highest BCUT2D eigenvalue weighted by Gasteiger charge is 2.23. The molecule has 0 aliphatic carbocycles. The van der Waals surface area contributed by atoms with Gasteiger partial charge in [-0.2, -0.15) is 0 Å². The van der Waals surface area contributed by atoms with Gasteiger partial charge in [0.2, 0.25) is 0 Å². The summed E-state index contributed by atoms with van der Waals surface area (Å²) in [6, 6.07) is 47.8. The van der Waals surface area contributed by atoms with Gasteiger partial charge in [0.05, 0.1) is 5.39 Å². The van der Waals surface area contributed by atoms with Gasteiger partial charge in [0, 0.05) is 48.4 Å². The largest absolute Gasteiger partial charge is 0.455 e. The average Bonchev–Trinajstić information content (AvgIpc) is 3.72. The molecule has 0 unspecified atom stereocenters. The van der Waals surface area contributed by atoms with Crippen LogP contribution in [0.3, 0.4) is 0 Å². The van der Waals surface area contributed by atoms with E-state index in [1.165, 1.54) is 14.8 Å². The number of pyridine rings is 1. The summed E-state index contributed by atoms with van der Waals surface area (Å²) in [5.74, 6) is 1.69. The predicted octanol–water partition coefficient (Wildman–Crippen LogP) is 11.4. The van der Waals surface area contributed by atoms with E-state index in [0.29, 0.717) is 23.2 Å². The number of hydrogen-bond acceptors (Lipinski definition) is 6. The average molecular weight is 633 g/mol. The molecule has 48 heavy (non-hydrogen) atoms. The minimum Gasteiger partial charge on any atom is -0.455 e. The third kappa shape index (κ3) is 4.24. The highest BCUT2D eigenvalue weighted by molar-refractivity contribution is 7.25. The molecule has 10 rings (SSSR count). The van der Waals surface area contributed by atoms with E-state index in [1.807, 2.05) is 60.8 Å². The molecule has 0 saturated carbocycles. The molecule has 6 heteroatoms. The first kappa shape index (κ1) is 26.9. The fourth-order valence-electron chi connectivity index (χ4n) is 6.73. The molecule has 0 aliphatic heterocycles. The molecule has 0 radical (unpaired) electrons. The quantitative estimate of drug-likeness (QED) is 0.193. The smallest absolute Gasteiger partial charge is 0.183 e. The van der Waals surface area contributed by atoms with Gasteiger partial charge < -0.3 is 4.42 Å². The lowest BCUT2D eigenvalue weighted by Crippen LogP contribution is -2.02. The summed E-state index contributed by atoms with van der Waals surface area (Å²) >= 11 is 1.78. The molecular formula is C42H24N4OS. The second-order valence-electron chi connectivity index (χ2n) is 11.8. The molecule has 0 N–H and O–H groups in total. The van der Waals surface area contributed by atoms with Crippen LogP contribution >= 0.6 is 11.3 Å². The molecule has 10 aromatic rings. The summed E-state index contributed by atoms with van der Waals surface area (Å²) in [7, 11) is 0.